The second-order valence-corrected chi connectivity index (χ2v) is 3.59. The number of carbonyl (C=O) groups is 2. The van der Waals surface area contributed by atoms with Crippen LogP contribution in [0.5, 0.6) is 0 Å². The van der Waals surface area contributed by atoms with E-state index < -0.39 is 11.4 Å². The molecule has 0 saturated heterocycles. The summed E-state index contributed by atoms with van der Waals surface area (Å²) in [6.07, 6.45) is 4.19. The van der Waals surface area contributed by atoms with Crippen LogP contribution in [0.25, 0.3) is 0 Å². The molecule has 0 aromatic heterocycles. The summed E-state index contributed by atoms with van der Waals surface area (Å²) in [5.74, 6) is -1.27. The molecule has 4 heteroatoms. The Balaban J connectivity index is 2.84. The van der Waals surface area contributed by atoms with Crippen molar-refractivity contribution in [3.63, 3.8) is 0 Å². The first-order valence-electron chi connectivity index (χ1n) is 4.70. The Kier molecular flexibility index (Phi) is 3.29. The molecule has 0 amide bonds. The summed E-state index contributed by atoms with van der Waals surface area (Å²) in [5, 5.41) is 9.05. The van der Waals surface area contributed by atoms with Crippen molar-refractivity contribution in [3.05, 3.63) is 24.3 Å². The molecule has 1 N–H and O–H groups in total. The number of carboxylic acid groups (broad SMARTS) is 1. The first-order chi connectivity index (χ1) is 7.05. The molecule has 4 nitrogen and oxygen atoms in total. The Hall–Kier alpha value is -1.58. The van der Waals surface area contributed by atoms with Crippen LogP contribution in [-0.2, 0) is 14.3 Å². The van der Waals surface area contributed by atoms with E-state index in [-0.39, 0.29) is 5.97 Å². The molecule has 0 aliphatic heterocycles. The Morgan fingerprint density at radius 1 is 1.67 bits per heavy atom. The van der Waals surface area contributed by atoms with Crippen molar-refractivity contribution in [1.29, 1.82) is 0 Å². The van der Waals surface area contributed by atoms with Gasteiger partial charge in [0.05, 0.1) is 12.5 Å². The molecule has 0 saturated carbocycles. The van der Waals surface area contributed by atoms with E-state index >= 15 is 0 Å². The maximum atomic E-state index is 11.2. The van der Waals surface area contributed by atoms with Crippen molar-refractivity contribution in [2.45, 2.75) is 19.3 Å². The Morgan fingerprint density at radius 2 is 2.33 bits per heavy atom. The van der Waals surface area contributed by atoms with Gasteiger partial charge in [0.15, 0.2) is 0 Å². The Labute approximate surface area is 88.2 Å². The molecule has 82 valence electrons. The summed E-state index contributed by atoms with van der Waals surface area (Å²) in [6, 6.07) is 0. The van der Waals surface area contributed by atoms with Gasteiger partial charge in [0, 0.05) is 5.57 Å². The molecular weight excluding hydrogens is 196 g/mol. The second kappa shape index (κ2) is 4.29. The molecular formula is C11H14O4. The highest BCUT2D eigenvalue weighted by molar-refractivity contribution is 5.89. The van der Waals surface area contributed by atoms with Gasteiger partial charge in [0.1, 0.15) is 0 Å². The molecule has 0 aromatic rings. The summed E-state index contributed by atoms with van der Waals surface area (Å²) in [4.78, 5) is 22.2. The summed E-state index contributed by atoms with van der Waals surface area (Å²) >= 11 is 0. The van der Waals surface area contributed by atoms with E-state index in [1.807, 2.05) is 0 Å². The van der Waals surface area contributed by atoms with Crippen LogP contribution in [0.1, 0.15) is 19.3 Å². The first-order valence-corrected chi connectivity index (χ1v) is 4.70. The van der Waals surface area contributed by atoms with Crippen molar-refractivity contribution in [2.24, 2.45) is 5.41 Å². The largest absolute Gasteiger partial charge is 0.481 e. The third kappa shape index (κ3) is 2.09. The Bertz CT molecular complexity index is 329. The molecule has 1 unspecified atom stereocenters. The molecule has 1 aliphatic rings. The molecule has 0 bridgehead atoms. The molecule has 0 heterocycles. The number of hydrogen-bond acceptors (Lipinski definition) is 3. The van der Waals surface area contributed by atoms with E-state index in [2.05, 4.69) is 11.3 Å². The standard InChI is InChI=1S/C11H14O4/c1-3-11(10(13)14)6-4-8(5-7-11)9(12)15-2/h3-4H,1,5-7H2,2H3,(H,13,14). The van der Waals surface area contributed by atoms with Gasteiger partial charge < -0.3 is 9.84 Å². The van der Waals surface area contributed by atoms with E-state index in [0.717, 1.165) is 0 Å². The van der Waals surface area contributed by atoms with Gasteiger partial charge in [-0.25, -0.2) is 4.79 Å². The van der Waals surface area contributed by atoms with Gasteiger partial charge in [-0.3, -0.25) is 4.79 Å². The number of ether oxygens (including phenoxy) is 1. The van der Waals surface area contributed by atoms with Crippen LogP contribution in [0.2, 0.25) is 0 Å². The van der Waals surface area contributed by atoms with Crippen LogP contribution in [0.15, 0.2) is 24.3 Å². The summed E-state index contributed by atoms with van der Waals surface area (Å²) < 4.78 is 4.57. The lowest BCUT2D eigenvalue weighted by Gasteiger charge is -2.28. The summed E-state index contributed by atoms with van der Waals surface area (Å²) in [5.41, 5.74) is -0.367. The lowest BCUT2D eigenvalue weighted by molar-refractivity contribution is -0.147. The number of carbonyl (C=O) groups excluding carboxylic acids is 1. The molecule has 0 fully saturated rings. The highest BCUT2D eigenvalue weighted by atomic mass is 16.5. The van der Waals surface area contributed by atoms with Crippen LogP contribution >= 0.6 is 0 Å². The van der Waals surface area contributed by atoms with Crippen LogP contribution in [0.4, 0.5) is 0 Å². The van der Waals surface area contributed by atoms with Gasteiger partial charge in [-0.05, 0) is 19.3 Å². The zero-order valence-electron chi connectivity index (χ0n) is 8.66. The van der Waals surface area contributed by atoms with E-state index in [1.54, 1.807) is 6.08 Å². The SMILES string of the molecule is C=CC1(C(=O)O)CC=C(C(=O)OC)CC1. The highest BCUT2D eigenvalue weighted by Gasteiger charge is 2.37. The second-order valence-electron chi connectivity index (χ2n) is 3.59. The lowest BCUT2D eigenvalue weighted by atomic mass is 9.75. The molecule has 15 heavy (non-hydrogen) atoms. The number of carboxylic acids is 1. The van der Waals surface area contributed by atoms with Crippen molar-refractivity contribution in [3.8, 4) is 0 Å². The van der Waals surface area contributed by atoms with E-state index in [0.29, 0.717) is 24.8 Å². The minimum atomic E-state index is -0.919. The number of hydrogen-bond donors (Lipinski definition) is 1. The molecule has 1 rings (SSSR count). The predicted octanol–water partition coefficient (Wildman–Crippen LogP) is 1.53. The minimum Gasteiger partial charge on any atom is -0.481 e. The molecule has 0 aromatic carbocycles. The predicted molar refractivity (Wildman–Crippen MR) is 54.2 cm³/mol. The van der Waals surface area contributed by atoms with Crippen LogP contribution < -0.4 is 0 Å². The van der Waals surface area contributed by atoms with Crippen molar-refractivity contribution < 1.29 is 19.4 Å². The molecule has 0 spiro atoms. The van der Waals surface area contributed by atoms with E-state index in [4.69, 9.17) is 5.11 Å². The molecule has 1 aliphatic carbocycles. The fraction of sp³-hybridized carbons (Fsp3) is 0.455. The maximum absolute atomic E-state index is 11.2. The minimum absolute atomic E-state index is 0.302. The fourth-order valence-corrected chi connectivity index (χ4v) is 1.65. The molecule has 0 radical (unpaired) electrons. The van der Waals surface area contributed by atoms with E-state index in [1.165, 1.54) is 13.2 Å². The fourth-order valence-electron chi connectivity index (χ4n) is 1.65. The van der Waals surface area contributed by atoms with Gasteiger partial charge in [-0.1, -0.05) is 12.2 Å². The van der Waals surface area contributed by atoms with Gasteiger partial charge in [0.25, 0.3) is 0 Å². The normalized spacial score (nSPS) is 25.3. The lowest BCUT2D eigenvalue weighted by Crippen LogP contribution is -2.31. The number of aliphatic carboxylic acids is 1. The van der Waals surface area contributed by atoms with Crippen molar-refractivity contribution in [2.75, 3.05) is 7.11 Å². The Morgan fingerprint density at radius 3 is 2.67 bits per heavy atom. The van der Waals surface area contributed by atoms with Gasteiger partial charge in [-0.2, -0.15) is 0 Å². The topological polar surface area (TPSA) is 63.6 Å². The summed E-state index contributed by atoms with van der Waals surface area (Å²) in [7, 11) is 1.32. The highest BCUT2D eigenvalue weighted by Crippen LogP contribution is 2.36. The average molecular weight is 210 g/mol. The summed E-state index contributed by atoms with van der Waals surface area (Å²) in [6.45, 7) is 3.54. The van der Waals surface area contributed by atoms with Gasteiger partial charge in [-0.15, -0.1) is 6.58 Å². The van der Waals surface area contributed by atoms with Crippen molar-refractivity contribution in [1.82, 2.24) is 0 Å². The maximum Gasteiger partial charge on any atom is 0.333 e. The smallest absolute Gasteiger partial charge is 0.333 e. The van der Waals surface area contributed by atoms with Crippen LogP contribution in [0, 0.1) is 5.41 Å². The number of allylic oxidation sites excluding steroid dienone is 1. The quantitative estimate of drug-likeness (QED) is 0.566. The van der Waals surface area contributed by atoms with Crippen LogP contribution in [0.3, 0.4) is 0 Å². The number of methoxy groups -OCH3 is 1. The number of rotatable bonds is 3. The molecule has 1 atom stereocenters. The van der Waals surface area contributed by atoms with Gasteiger partial charge in [0.2, 0.25) is 0 Å². The third-order valence-electron chi connectivity index (χ3n) is 2.82. The van der Waals surface area contributed by atoms with E-state index in [9.17, 15) is 9.59 Å². The zero-order chi connectivity index (χ0) is 11.5. The third-order valence-corrected chi connectivity index (χ3v) is 2.82. The number of esters is 1. The first kappa shape index (κ1) is 11.5. The zero-order valence-corrected chi connectivity index (χ0v) is 8.66. The monoisotopic (exact) mass is 210 g/mol. The average Bonchev–Trinajstić information content (AvgIpc) is 2.28. The van der Waals surface area contributed by atoms with Crippen molar-refractivity contribution >= 4 is 11.9 Å². The van der Waals surface area contributed by atoms with Gasteiger partial charge >= 0.3 is 11.9 Å². The van der Waals surface area contributed by atoms with Crippen LogP contribution in [-0.4, -0.2) is 24.2 Å².